The Balaban J connectivity index is 1.65. The van der Waals surface area contributed by atoms with Crippen molar-refractivity contribution in [3.8, 4) is 0 Å². The van der Waals surface area contributed by atoms with Gasteiger partial charge in [-0.25, -0.2) is 0 Å². The molecule has 1 aromatic carbocycles. The molecule has 146 valence electrons. The molecular formula is C20H21N3O5. The SMILES string of the molecule is O=C(O)CCNC(=O)c1ccc(NC(=O)c2cc3c([nH]c2=O)CCCC3)cc1. The highest BCUT2D eigenvalue weighted by Crippen LogP contribution is 2.19. The normalized spacial score (nSPS) is 12.7. The fourth-order valence-electron chi connectivity index (χ4n) is 3.13. The molecule has 0 aliphatic heterocycles. The summed E-state index contributed by atoms with van der Waals surface area (Å²) in [5.41, 5.74) is 2.36. The lowest BCUT2D eigenvalue weighted by Gasteiger charge is -2.16. The number of fused-ring (bicyclic) bond motifs is 1. The third kappa shape index (κ3) is 4.64. The average Bonchev–Trinajstić information content (AvgIpc) is 2.67. The first kappa shape index (κ1) is 19.3. The summed E-state index contributed by atoms with van der Waals surface area (Å²) < 4.78 is 0. The zero-order valence-electron chi connectivity index (χ0n) is 15.2. The van der Waals surface area contributed by atoms with Gasteiger partial charge in [-0.3, -0.25) is 19.2 Å². The zero-order chi connectivity index (χ0) is 20.1. The second-order valence-corrected chi connectivity index (χ2v) is 6.65. The number of rotatable bonds is 6. The van der Waals surface area contributed by atoms with E-state index in [0.29, 0.717) is 11.3 Å². The fourth-order valence-corrected chi connectivity index (χ4v) is 3.13. The molecule has 0 saturated carbocycles. The van der Waals surface area contributed by atoms with Crippen LogP contribution in [0, 0.1) is 0 Å². The third-order valence-corrected chi connectivity index (χ3v) is 4.61. The molecule has 2 aromatic rings. The maximum atomic E-state index is 12.5. The van der Waals surface area contributed by atoms with Crippen LogP contribution in [0.25, 0.3) is 0 Å². The summed E-state index contributed by atoms with van der Waals surface area (Å²) in [7, 11) is 0. The monoisotopic (exact) mass is 383 g/mol. The van der Waals surface area contributed by atoms with Crippen molar-refractivity contribution in [3.05, 3.63) is 63.1 Å². The molecule has 1 aliphatic rings. The van der Waals surface area contributed by atoms with Crippen LogP contribution in [0.2, 0.25) is 0 Å². The summed E-state index contributed by atoms with van der Waals surface area (Å²) in [6.45, 7) is 0.0355. The van der Waals surface area contributed by atoms with Crippen LogP contribution in [0.15, 0.2) is 35.1 Å². The summed E-state index contributed by atoms with van der Waals surface area (Å²) in [6.07, 6.45) is 3.58. The van der Waals surface area contributed by atoms with Crippen molar-refractivity contribution in [2.75, 3.05) is 11.9 Å². The van der Waals surface area contributed by atoms with Gasteiger partial charge in [-0.2, -0.15) is 0 Å². The van der Waals surface area contributed by atoms with E-state index in [9.17, 15) is 19.2 Å². The molecule has 2 amide bonds. The minimum Gasteiger partial charge on any atom is -0.481 e. The van der Waals surface area contributed by atoms with Gasteiger partial charge in [0, 0.05) is 23.5 Å². The van der Waals surface area contributed by atoms with E-state index in [0.717, 1.165) is 36.9 Å². The summed E-state index contributed by atoms with van der Waals surface area (Å²) in [5.74, 6) is -1.89. The summed E-state index contributed by atoms with van der Waals surface area (Å²) >= 11 is 0. The third-order valence-electron chi connectivity index (χ3n) is 4.61. The number of pyridine rings is 1. The van der Waals surface area contributed by atoms with E-state index in [2.05, 4.69) is 15.6 Å². The number of carbonyl (C=O) groups excluding carboxylic acids is 2. The largest absolute Gasteiger partial charge is 0.481 e. The first-order valence-corrected chi connectivity index (χ1v) is 9.10. The van der Waals surface area contributed by atoms with Crippen molar-refractivity contribution < 1.29 is 19.5 Å². The number of nitrogens with one attached hydrogen (secondary N) is 3. The summed E-state index contributed by atoms with van der Waals surface area (Å²) in [4.78, 5) is 49.9. The number of benzene rings is 1. The highest BCUT2D eigenvalue weighted by atomic mass is 16.4. The zero-order valence-corrected chi connectivity index (χ0v) is 15.2. The van der Waals surface area contributed by atoms with Crippen molar-refractivity contribution >= 4 is 23.5 Å². The van der Waals surface area contributed by atoms with Gasteiger partial charge >= 0.3 is 5.97 Å². The second kappa shape index (κ2) is 8.51. The molecule has 0 spiro atoms. The highest BCUT2D eigenvalue weighted by molar-refractivity contribution is 6.04. The van der Waals surface area contributed by atoms with Gasteiger partial charge in [0.1, 0.15) is 5.56 Å². The number of anilines is 1. The number of H-pyrrole nitrogens is 1. The molecule has 3 rings (SSSR count). The predicted octanol–water partition coefficient (Wildman–Crippen LogP) is 1.71. The standard InChI is InChI=1S/C20H21N3O5/c24-17(25)9-10-21-18(26)12-5-7-14(8-6-12)22-19(27)15-11-13-3-1-2-4-16(13)23-20(15)28/h5-8,11H,1-4,9-10H2,(H,21,26)(H,22,27)(H,23,28)(H,24,25). The number of aromatic nitrogens is 1. The molecule has 0 bridgehead atoms. The Hall–Kier alpha value is -3.42. The summed E-state index contributed by atoms with van der Waals surface area (Å²) in [6, 6.07) is 7.80. The van der Waals surface area contributed by atoms with Crippen LogP contribution in [0.5, 0.6) is 0 Å². The van der Waals surface area contributed by atoms with Gasteiger partial charge < -0.3 is 20.7 Å². The van der Waals surface area contributed by atoms with Gasteiger partial charge in [0.05, 0.1) is 6.42 Å². The average molecular weight is 383 g/mol. The Labute approximate surface area is 161 Å². The topological polar surface area (TPSA) is 128 Å². The Kier molecular flexibility index (Phi) is 5.88. The van der Waals surface area contributed by atoms with Crippen LogP contribution >= 0.6 is 0 Å². The number of hydrogen-bond donors (Lipinski definition) is 4. The molecule has 28 heavy (non-hydrogen) atoms. The van der Waals surface area contributed by atoms with Gasteiger partial charge in [-0.05, 0) is 61.6 Å². The van der Waals surface area contributed by atoms with Gasteiger partial charge in [-0.15, -0.1) is 0 Å². The fraction of sp³-hybridized carbons (Fsp3) is 0.300. The molecular weight excluding hydrogens is 362 g/mol. The van der Waals surface area contributed by atoms with Crippen molar-refractivity contribution in [1.29, 1.82) is 0 Å². The van der Waals surface area contributed by atoms with Crippen LogP contribution < -0.4 is 16.2 Å². The van der Waals surface area contributed by atoms with Crippen LogP contribution in [0.1, 0.15) is 51.2 Å². The maximum absolute atomic E-state index is 12.5. The number of aromatic amines is 1. The molecule has 1 heterocycles. The van der Waals surface area contributed by atoms with Crippen LogP contribution in [0.3, 0.4) is 0 Å². The van der Waals surface area contributed by atoms with E-state index in [4.69, 9.17) is 5.11 Å². The number of aryl methyl sites for hydroxylation is 2. The number of amides is 2. The van der Waals surface area contributed by atoms with Crippen molar-refractivity contribution in [2.24, 2.45) is 0 Å². The van der Waals surface area contributed by atoms with Crippen molar-refractivity contribution in [3.63, 3.8) is 0 Å². The Morgan fingerprint density at radius 3 is 2.46 bits per heavy atom. The van der Waals surface area contributed by atoms with Gasteiger partial charge in [0.2, 0.25) is 0 Å². The number of carbonyl (C=O) groups is 3. The van der Waals surface area contributed by atoms with Gasteiger partial charge in [-0.1, -0.05) is 0 Å². The van der Waals surface area contributed by atoms with E-state index in [1.165, 1.54) is 12.1 Å². The molecule has 8 heteroatoms. The Morgan fingerprint density at radius 1 is 1.04 bits per heavy atom. The second-order valence-electron chi connectivity index (χ2n) is 6.65. The lowest BCUT2D eigenvalue weighted by molar-refractivity contribution is -0.136. The molecule has 4 N–H and O–H groups in total. The van der Waals surface area contributed by atoms with Crippen molar-refractivity contribution in [2.45, 2.75) is 32.1 Å². The maximum Gasteiger partial charge on any atom is 0.305 e. The van der Waals surface area contributed by atoms with E-state index >= 15 is 0 Å². The predicted molar refractivity (Wildman–Crippen MR) is 103 cm³/mol. The minimum absolute atomic E-state index is 0.0355. The van der Waals surface area contributed by atoms with Crippen molar-refractivity contribution in [1.82, 2.24) is 10.3 Å². The number of carboxylic acids is 1. The van der Waals surface area contributed by atoms with Crippen LogP contribution in [-0.4, -0.2) is 34.4 Å². The molecule has 8 nitrogen and oxygen atoms in total. The molecule has 1 aliphatic carbocycles. The quantitative estimate of drug-likeness (QED) is 0.604. The van der Waals surface area contributed by atoms with Crippen LogP contribution in [0.4, 0.5) is 5.69 Å². The number of hydrogen-bond acceptors (Lipinski definition) is 4. The molecule has 0 atom stereocenters. The molecule has 1 aromatic heterocycles. The summed E-state index contributed by atoms with van der Waals surface area (Å²) in [5, 5.41) is 13.7. The lowest BCUT2D eigenvalue weighted by Crippen LogP contribution is -2.26. The highest BCUT2D eigenvalue weighted by Gasteiger charge is 2.17. The van der Waals surface area contributed by atoms with Gasteiger partial charge in [0.25, 0.3) is 17.4 Å². The smallest absolute Gasteiger partial charge is 0.305 e. The molecule has 0 radical (unpaired) electrons. The molecule has 0 saturated heterocycles. The number of aliphatic carboxylic acids is 1. The Morgan fingerprint density at radius 2 is 1.75 bits per heavy atom. The first-order chi connectivity index (χ1) is 13.4. The molecule has 0 unspecified atom stereocenters. The van der Waals surface area contributed by atoms with Crippen LogP contribution in [-0.2, 0) is 17.6 Å². The number of carboxylic acid groups (broad SMARTS) is 1. The van der Waals surface area contributed by atoms with Gasteiger partial charge in [0.15, 0.2) is 0 Å². The van der Waals surface area contributed by atoms with E-state index in [-0.39, 0.29) is 18.5 Å². The van der Waals surface area contributed by atoms with E-state index in [1.54, 1.807) is 18.2 Å². The Bertz CT molecular complexity index is 963. The molecule has 0 fully saturated rings. The first-order valence-electron chi connectivity index (χ1n) is 9.10. The lowest BCUT2D eigenvalue weighted by atomic mass is 9.95. The van der Waals surface area contributed by atoms with E-state index in [1.807, 2.05) is 0 Å². The van der Waals surface area contributed by atoms with E-state index < -0.39 is 23.3 Å². The minimum atomic E-state index is -0.990.